The molecule has 4 unspecified atom stereocenters. The molecule has 1 aliphatic heterocycles. The van der Waals surface area contributed by atoms with Gasteiger partial charge < -0.3 is 4.90 Å². The van der Waals surface area contributed by atoms with Crippen molar-refractivity contribution < 1.29 is 4.79 Å². The summed E-state index contributed by atoms with van der Waals surface area (Å²) in [6, 6.07) is 4.13. The van der Waals surface area contributed by atoms with Crippen LogP contribution in [0.4, 0.5) is 0 Å². The highest BCUT2D eigenvalue weighted by molar-refractivity contribution is 7.10. The molecule has 1 aromatic rings. The average Bonchev–Trinajstić information content (AvgIpc) is 3.07. The lowest BCUT2D eigenvalue weighted by atomic mass is 10.1. The van der Waals surface area contributed by atoms with E-state index in [-0.39, 0.29) is 18.1 Å². The van der Waals surface area contributed by atoms with Crippen molar-refractivity contribution in [3.8, 4) is 0 Å². The maximum atomic E-state index is 12.3. The Bertz CT molecular complexity index is 445. The molecule has 1 aliphatic carbocycles. The maximum Gasteiger partial charge on any atom is 0.241 e. The molecule has 0 radical (unpaired) electrons. The molecule has 104 valence electrons. The zero-order chi connectivity index (χ0) is 13.4. The number of thiophene rings is 1. The van der Waals surface area contributed by atoms with Crippen LogP contribution in [0.3, 0.4) is 0 Å². The fourth-order valence-electron chi connectivity index (χ4n) is 3.42. The maximum absolute atomic E-state index is 12.3. The molecule has 4 atom stereocenters. The first-order chi connectivity index (χ1) is 9.15. The first-order valence-corrected chi connectivity index (χ1v) is 8.13. The molecular weight excluding hydrogens is 256 g/mol. The monoisotopic (exact) mass is 278 g/mol. The molecule has 2 heterocycles. The van der Waals surface area contributed by atoms with Crippen molar-refractivity contribution in [1.82, 2.24) is 10.2 Å². The Hall–Kier alpha value is -0.870. The molecule has 2 fully saturated rings. The van der Waals surface area contributed by atoms with Crippen molar-refractivity contribution in [2.75, 3.05) is 6.54 Å². The van der Waals surface area contributed by atoms with Crippen LogP contribution < -0.4 is 5.32 Å². The third kappa shape index (κ3) is 2.56. The van der Waals surface area contributed by atoms with E-state index < -0.39 is 0 Å². The topological polar surface area (TPSA) is 32.3 Å². The predicted molar refractivity (Wildman–Crippen MR) is 77.9 cm³/mol. The summed E-state index contributed by atoms with van der Waals surface area (Å²) in [5, 5.41) is 5.51. The highest BCUT2D eigenvalue weighted by atomic mass is 32.1. The molecule has 1 saturated carbocycles. The van der Waals surface area contributed by atoms with E-state index >= 15 is 0 Å². The van der Waals surface area contributed by atoms with Crippen molar-refractivity contribution in [2.45, 2.75) is 45.3 Å². The van der Waals surface area contributed by atoms with Gasteiger partial charge in [-0.1, -0.05) is 19.4 Å². The molecule has 1 amide bonds. The summed E-state index contributed by atoms with van der Waals surface area (Å²) >= 11 is 1.73. The summed E-state index contributed by atoms with van der Waals surface area (Å²) in [5.41, 5.74) is 0. The van der Waals surface area contributed by atoms with E-state index in [0.29, 0.717) is 5.92 Å². The van der Waals surface area contributed by atoms with Gasteiger partial charge in [-0.15, -0.1) is 11.3 Å². The Kier molecular flexibility index (Phi) is 3.63. The van der Waals surface area contributed by atoms with Gasteiger partial charge in [0.1, 0.15) is 6.17 Å². The first-order valence-electron chi connectivity index (χ1n) is 7.25. The number of carbonyl (C=O) groups is 1. The Morgan fingerprint density at radius 2 is 2.26 bits per heavy atom. The number of carbonyl (C=O) groups excluding carboxylic acids is 1. The fourth-order valence-corrected chi connectivity index (χ4v) is 4.22. The Morgan fingerprint density at radius 1 is 1.42 bits per heavy atom. The molecule has 1 N–H and O–H groups in total. The van der Waals surface area contributed by atoms with Gasteiger partial charge in [0.15, 0.2) is 0 Å². The van der Waals surface area contributed by atoms with Crippen molar-refractivity contribution in [1.29, 1.82) is 0 Å². The smallest absolute Gasteiger partial charge is 0.241 e. The predicted octanol–water partition coefficient (Wildman–Crippen LogP) is 3.00. The van der Waals surface area contributed by atoms with Crippen LogP contribution in [0.2, 0.25) is 0 Å². The number of nitrogens with one attached hydrogen (secondary N) is 1. The summed E-state index contributed by atoms with van der Waals surface area (Å²) in [6.07, 6.45) is 3.96. The van der Waals surface area contributed by atoms with Gasteiger partial charge in [0.25, 0.3) is 0 Å². The van der Waals surface area contributed by atoms with Gasteiger partial charge in [-0.2, -0.15) is 0 Å². The van der Waals surface area contributed by atoms with Crippen LogP contribution in [0.15, 0.2) is 17.5 Å². The summed E-state index contributed by atoms with van der Waals surface area (Å²) in [7, 11) is 0. The Labute approximate surface area is 119 Å². The molecule has 1 saturated heterocycles. The summed E-state index contributed by atoms with van der Waals surface area (Å²) in [5.74, 6) is 1.78. The summed E-state index contributed by atoms with van der Waals surface area (Å²) in [4.78, 5) is 15.7. The van der Waals surface area contributed by atoms with Crippen LogP contribution in [0, 0.1) is 11.8 Å². The third-order valence-electron chi connectivity index (χ3n) is 4.44. The number of rotatable bonds is 3. The standard InChI is InChI=1S/C15H22N2OS/c1-10-5-6-12(8-10)9-17-14(13-4-3-7-19-13)16-11(2)15(17)18/h3-4,7,10-12,14,16H,5-6,8-9H2,1-2H3. The van der Waals surface area contributed by atoms with Gasteiger partial charge in [0.05, 0.1) is 6.04 Å². The SMILES string of the molecule is CC1CCC(CN2C(=O)C(C)NC2c2cccs2)C1. The second-order valence-corrected chi connectivity index (χ2v) is 7.06. The molecule has 0 aromatic carbocycles. The van der Waals surface area contributed by atoms with Crippen molar-refractivity contribution in [3.05, 3.63) is 22.4 Å². The quantitative estimate of drug-likeness (QED) is 0.922. The van der Waals surface area contributed by atoms with Crippen molar-refractivity contribution in [3.63, 3.8) is 0 Å². The van der Waals surface area contributed by atoms with E-state index in [1.807, 2.05) is 6.92 Å². The molecule has 2 aliphatic rings. The van der Waals surface area contributed by atoms with Gasteiger partial charge in [0, 0.05) is 11.4 Å². The Morgan fingerprint density at radius 3 is 2.89 bits per heavy atom. The van der Waals surface area contributed by atoms with Crippen LogP contribution in [-0.4, -0.2) is 23.4 Å². The lowest BCUT2D eigenvalue weighted by Crippen LogP contribution is -2.34. The fraction of sp³-hybridized carbons (Fsp3) is 0.667. The van der Waals surface area contributed by atoms with E-state index in [0.717, 1.165) is 12.5 Å². The zero-order valence-corrected chi connectivity index (χ0v) is 12.5. The van der Waals surface area contributed by atoms with Gasteiger partial charge in [-0.3, -0.25) is 10.1 Å². The first kappa shape index (κ1) is 13.1. The number of hydrogen-bond acceptors (Lipinski definition) is 3. The minimum absolute atomic E-state index is 0.0501. The largest absolute Gasteiger partial charge is 0.320 e. The lowest BCUT2D eigenvalue weighted by molar-refractivity contribution is -0.130. The highest BCUT2D eigenvalue weighted by Crippen LogP contribution is 2.35. The van der Waals surface area contributed by atoms with E-state index in [9.17, 15) is 4.79 Å². The summed E-state index contributed by atoms with van der Waals surface area (Å²) in [6.45, 7) is 5.22. The normalized spacial score (nSPS) is 35.3. The van der Waals surface area contributed by atoms with E-state index in [4.69, 9.17) is 0 Å². The number of nitrogens with zero attached hydrogens (tertiary/aromatic N) is 1. The van der Waals surface area contributed by atoms with E-state index in [1.165, 1.54) is 24.1 Å². The third-order valence-corrected chi connectivity index (χ3v) is 5.37. The van der Waals surface area contributed by atoms with Crippen LogP contribution >= 0.6 is 11.3 Å². The Balaban J connectivity index is 1.74. The molecule has 3 nitrogen and oxygen atoms in total. The van der Waals surface area contributed by atoms with Crippen LogP contribution in [-0.2, 0) is 4.79 Å². The molecular formula is C15H22N2OS. The van der Waals surface area contributed by atoms with E-state index in [2.05, 4.69) is 34.7 Å². The van der Waals surface area contributed by atoms with Crippen LogP contribution in [0.5, 0.6) is 0 Å². The van der Waals surface area contributed by atoms with E-state index in [1.54, 1.807) is 11.3 Å². The number of amides is 1. The summed E-state index contributed by atoms with van der Waals surface area (Å²) < 4.78 is 0. The molecule has 4 heteroatoms. The van der Waals surface area contributed by atoms with Crippen LogP contribution in [0.25, 0.3) is 0 Å². The van der Waals surface area contributed by atoms with Crippen molar-refractivity contribution in [2.24, 2.45) is 11.8 Å². The molecule has 1 aromatic heterocycles. The highest BCUT2D eigenvalue weighted by Gasteiger charge is 2.39. The molecule has 19 heavy (non-hydrogen) atoms. The van der Waals surface area contributed by atoms with Gasteiger partial charge in [0.2, 0.25) is 5.91 Å². The minimum atomic E-state index is -0.0501. The molecule has 0 bridgehead atoms. The molecule has 3 rings (SSSR count). The second-order valence-electron chi connectivity index (χ2n) is 6.08. The van der Waals surface area contributed by atoms with Crippen LogP contribution in [0.1, 0.15) is 44.2 Å². The van der Waals surface area contributed by atoms with Crippen molar-refractivity contribution >= 4 is 17.2 Å². The zero-order valence-electron chi connectivity index (χ0n) is 11.6. The minimum Gasteiger partial charge on any atom is -0.320 e. The number of hydrogen-bond donors (Lipinski definition) is 1. The van der Waals surface area contributed by atoms with Gasteiger partial charge >= 0.3 is 0 Å². The lowest BCUT2D eigenvalue weighted by Gasteiger charge is -2.26. The average molecular weight is 278 g/mol. The second kappa shape index (κ2) is 5.25. The molecule has 0 spiro atoms. The van der Waals surface area contributed by atoms with Gasteiger partial charge in [-0.25, -0.2) is 0 Å². The van der Waals surface area contributed by atoms with Gasteiger partial charge in [-0.05, 0) is 43.0 Å².